The van der Waals surface area contributed by atoms with E-state index in [1.54, 1.807) is 36.4 Å². The van der Waals surface area contributed by atoms with Crippen LogP contribution in [0.4, 0.5) is 0 Å². The first kappa shape index (κ1) is 22.3. The minimum absolute atomic E-state index is 0.0766. The average Bonchev–Trinajstić information content (AvgIpc) is 2.76. The number of rotatable bonds is 7. The lowest BCUT2D eigenvalue weighted by Crippen LogP contribution is -2.47. The summed E-state index contributed by atoms with van der Waals surface area (Å²) < 4.78 is 40.1. The Bertz CT molecular complexity index is 1080. The van der Waals surface area contributed by atoms with Gasteiger partial charge in [0.15, 0.2) is 27.9 Å². The van der Waals surface area contributed by atoms with Crippen molar-refractivity contribution >= 4 is 27.6 Å². The number of carbonyl (C=O) groups excluding carboxylic acids is 3. The molecule has 2 amide bonds. The summed E-state index contributed by atoms with van der Waals surface area (Å²) in [5.41, 5.74) is 0.910. The van der Waals surface area contributed by atoms with Crippen molar-refractivity contribution in [2.75, 3.05) is 19.0 Å². The van der Waals surface area contributed by atoms with Gasteiger partial charge in [0.2, 0.25) is 6.10 Å². The SMILES string of the molecule is Cc1ccc(S(=O)(=O)CCC(=O)OCC(=O)NC(=O)[C@@H]2COc3ccccc3O2)cc1. The molecule has 0 bridgehead atoms. The zero-order valence-corrected chi connectivity index (χ0v) is 17.5. The van der Waals surface area contributed by atoms with Gasteiger partial charge in [0.05, 0.1) is 17.1 Å². The molecule has 0 saturated heterocycles. The number of ether oxygens (including phenoxy) is 3. The summed E-state index contributed by atoms with van der Waals surface area (Å²) in [5.74, 6) is -2.05. The number of aryl methyl sites for hydroxylation is 1. The number of amides is 2. The minimum Gasteiger partial charge on any atom is -0.485 e. The van der Waals surface area contributed by atoms with Crippen LogP contribution in [0.2, 0.25) is 0 Å². The van der Waals surface area contributed by atoms with Gasteiger partial charge in [-0.1, -0.05) is 29.8 Å². The van der Waals surface area contributed by atoms with Crippen LogP contribution in [0.5, 0.6) is 11.5 Å². The quantitative estimate of drug-likeness (QED) is 0.628. The number of benzene rings is 2. The van der Waals surface area contributed by atoms with E-state index in [1.165, 1.54) is 12.1 Å². The number of hydrogen-bond donors (Lipinski definition) is 1. The van der Waals surface area contributed by atoms with Crippen LogP contribution >= 0.6 is 0 Å². The van der Waals surface area contributed by atoms with Gasteiger partial charge >= 0.3 is 5.97 Å². The summed E-state index contributed by atoms with van der Waals surface area (Å²) in [6, 6.07) is 13.0. The van der Waals surface area contributed by atoms with Gasteiger partial charge in [0, 0.05) is 0 Å². The molecule has 0 radical (unpaired) electrons. The molecule has 0 aromatic heterocycles. The van der Waals surface area contributed by atoms with E-state index in [9.17, 15) is 22.8 Å². The van der Waals surface area contributed by atoms with Gasteiger partial charge in [0.25, 0.3) is 11.8 Å². The second kappa shape index (κ2) is 9.61. The molecule has 3 rings (SSSR count). The molecule has 31 heavy (non-hydrogen) atoms. The number of imide groups is 1. The van der Waals surface area contributed by atoms with Gasteiger partial charge in [-0.05, 0) is 31.2 Å². The van der Waals surface area contributed by atoms with Gasteiger partial charge in [-0.15, -0.1) is 0 Å². The molecule has 10 heteroatoms. The second-order valence-corrected chi connectivity index (χ2v) is 8.93. The molecule has 0 spiro atoms. The highest BCUT2D eigenvalue weighted by atomic mass is 32.2. The highest BCUT2D eigenvalue weighted by Gasteiger charge is 2.28. The topological polar surface area (TPSA) is 125 Å². The van der Waals surface area contributed by atoms with Gasteiger partial charge in [0.1, 0.15) is 6.61 Å². The lowest BCUT2D eigenvalue weighted by molar-refractivity contribution is -0.150. The molecule has 0 aliphatic carbocycles. The third-order valence-electron chi connectivity index (χ3n) is 4.38. The van der Waals surface area contributed by atoms with Crippen LogP contribution in [-0.2, 0) is 29.0 Å². The number of esters is 1. The van der Waals surface area contributed by atoms with Crippen LogP contribution < -0.4 is 14.8 Å². The molecule has 2 aromatic carbocycles. The molecule has 1 aliphatic rings. The molecule has 1 N–H and O–H groups in total. The lowest BCUT2D eigenvalue weighted by Gasteiger charge is -2.25. The number of fused-ring (bicyclic) bond motifs is 1. The first-order chi connectivity index (χ1) is 14.7. The molecular weight excluding hydrogens is 426 g/mol. The average molecular weight is 447 g/mol. The van der Waals surface area contributed by atoms with Crippen LogP contribution in [-0.4, -0.2) is 51.3 Å². The van der Waals surface area contributed by atoms with E-state index in [-0.39, 0.29) is 11.5 Å². The first-order valence-corrected chi connectivity index (χ1v) is 11.1. The van der Waals surface area contributed by atoms with Crippen molar-refractivity contribution < 1.29 is 37.0 Å². The number of sulfone groups is 1. The highest BCUT2D eigenvalue weighted by Crippen LogP contribution is 2.30. The molecule has 1 aliphatic heterocycles. The summed E-state index contributed by atoms with van der Waals surface area (Å²) >= 11 is 0. The van der Waals surface area contributed by atoms with E-state index >= 15 is 0 Å². The van der Waals surface area contributed by atoms with Crippen LogP contribution in [0.15, 0.2) is 53.4 Å². The van der Waals surface area contributed by atoms with Crippen molar-refractivity contribution in [3.63, 3.8) is 0 Å². The first-order valence-electron chi connectivity index (χ1n) is 9.42. The Morgan fingerprint density at radius 1 is 1.06 bits per heavy atom. The molecule has 0 unspecified atom stereocenters. The normalized spacial score (nSPS) is 15.1. The van der Waals surface area contributed by atoms with E-state index in [2.05, 4.69) is 5.32 Å². The Balaban J connectivity index is 1.41. The number of hydrogen-bond acceptors (Lipinski definition) is 8. The smallest absolute Gasteiger partial charge is 0.307 e. The number of para-hydroxylation sites is 2. The fourth-order valence-corrected chi connectivity index (χ4v) is 3.92. The number of nitrogens with one attached hydrogen (secondary N) is 1. The maximum atomic E-state index is 12.2. The standard InChI is InChI=1S/C21H21NO8S/c1-14-6-8-15(9-7-14)31(26,27)11-10-20(24)29-13-19(23)22-21(25)18-12-28-16-4-2-3-5-17(16)30-18/h2-9,18H,10-13H2,1H3,(H,22,23,25)/t18-/m0/s1. The van der Waals surface area contributed by atoms with Crippen molar-refractivity contribution in [3.8, 4) is 11.5 Å². The Kier molecular flexibility index (Phi) is 6.91. The monoisotopic (exact) mass is 447 g/mol. The van der Waals surface area contributed by atoms with Crippen molar-refractivity contribution in [1.82, 2.24) is 5.32 Å². The zero-order chi connectivity index (χ0) is 22.4. The van der Waals surface area contributed by atoms with E-state index in [1.807, 2.05) is 6.92 Å². The fraction of sp³-hybridized carbons (Fsp3) is 0.286. The molecule has 1 atom stereocenters. The Morgan fingerprint density at radius 2 is 1.74 bits per heavy atom. The predicted molar refractivity (Wildman–Crippen MR) is 108 cm³/mol. The molecule has 2 aromatic rings. The van der Waals surface area contributed by atoms with E-state index in [0.717, 1.165) is 5.56 Å². The van der Waals surface area contributed by atoms with Crippen molar-refractivity contribution in [3.05, 3.63) is 54.1 Å². The third-order valence-corrected chi connectivity index (χ3v) is 6.11. The molecular formula is C21H21NO8S. The lowest BCUT2D eigenvalue weighted by atomic mass is 10.2. The molecule has 0 fully saturated rings. The molecule has 1 heterocycles. The van der Waals surface area contributed by atoms with Crippen LogP contribution in [0.1, 0.15) is 12.0 Å². The largest absolute Gasteiger partial charge is 0.485 e. The van der Waals surface area contributed by atoms with Gasteiger partial charge in [-0.3, -0.25) is 19.7 Å². The Morgan fingerprint density at radius 3 is 2.45 bits per heavy atom. The predicted octanol–water partition coefficient (Wildman–Crippen LogP) is 1.18. The second-order valence-electron chi connectivity index (χ2n) is 6.82. The summed E-state index contributed by atoms with van der Waals surface area (Å²) in [6.07, 6.45) is -1.46. The maximum absolute atomic E-state index is 12.2. The Hall–Kier alpha value is -3.40. The van der Waals surface area contributed by atoms with Crippen molar-refractivity contribution in [2.24, 2.45) is 0 Å². The van der Waals surface area contributed by atoms with Gasteiger partial charge in [-0.25, -0.2) is 8.42 Å². The minimum atomic E-state index is -3.65. The van der Waals surface area contributed by atoms with E-state index in [0.29, 0.717) is 11.5 Å². The van der Waals surface area contributed by atoms with Crippen LogP contribution in [0.3, 0.4) is 0 Å². The van der Waals surface area contributed by atoms with Gasteiger partial charge < -0.3 is 14.2 Å². The molecule has 9 nitrogen and oxygen atoms in total. The molecule has 0 saturated carbocycles. The summed E-state index contributed by atoms with van der Waals surface area (Å²) in [5, 5.41) is 2.06. The van der Waals surface area contributed by atoms with Crippen LogP contribution in [0, 0.1) is 6.92 Å². The van der Waals surface area contributed by atoms with Gasteiger partial charge in [-0.2, -0.15) is 0 Å². The highest BCUT2D eigenvalue weighted by molar-refractivity contribution is 7.91. The fourth-order valence-electron chi connectivity index (χ4n) is 2.70. The van der Waals surface area contributed by atoms with E-state index < -0.39 is 52.5 Å². The summed E-state index contributed by atoms with van der Waals surface area (Å²) in [6.45, 7) is 1.03. The summed E-state index contributed by atoms with van der Waals surface area (Å²) in [4.78, 5) is 35.9. The Labute approximate surface area is 179 Å². The summed E-state index contributed by atoms with van der Waals surface area (Å²) in [7, 11) is -3.65. The van der Waals surface area contributed by atoms with E-state index in [4.69, 9.17) is 14.2 Å². The van der Waals surface area contributed by atoms with Crippen molar-refractivity contribution in [2.45, 2.75) is 24.3 Å². The zero-order valence-electron chi connectivity index (χ0n) is 16.7. The molecule has 164 valence electrons. The number of carbonyl (C=O) groups is 3. The maximum Gasteiger partial charge on any atom is 0.307 e. The van der Waals surface area contributed by atoms with Crippen LogP contribution in [0.25, 0.3) is 0 Å². The van der Waals surface area contributed by atoms with Crippen molar-refractivity contribution in [1.29, 1.82) is 0 Å². The third kappa shape index (κ3) is 6.05.